The molecule has 0 atom stereocenters. The molecule has 0 aliphatic heterocycles. The van der Waals surface area contributed by atoms with Crippen LogP contribution in [0.4, 0.5) is 0 Å². The van der Waals surface area contributed by atoms with Gasteiger partial charge in [-0.1, -0.05) is 19.6 Å². The molecule has 1 rings (SSSR count). The average Bonchev–Trinajstić information content (AvgIpc) is 2.44. The number of rotatable bonds is 5. The van der Waals surface area contributed by atoms with Crippen molar-refractivity contribution in [2.45, 2.75) is 32.4 Å². The van der Waals surface area contributed by atoms with Crippen molar-refractivity contribution >= 4 is 24.0 Å². The molecule has 0 N–H and O–H groups in total. The van der Waals surface area contributed by atoms with Crippen LogP contribution in [-0.4, -0.2) is 29.4 Å². The van der Waals surface area contributed by atoms with Crippen LogP contribution in [0.3, 0.4) is 0 Å². The van der Waals surface area contributed by atoms with Crippen LogP contribution < -0.4 is 0 Å². The maximum absolute atomic E-state index is 5.50. The Morgan fingerprint density at radius 2 is 2.21 bits per heavy atom. The first-order valence-corrected chi connectivity index (χ1v) is 9.10. The molecule has 80 valence electrons. The third-order valence-electron chi connectivity index (χ3n) is 1.78. The summed E-state index contributed by atoms with van der Waals surface area (Å²) < 4.78 is 7.90. The molecule has 0 aliphatic rings. The average molecular weight is 278 g/mol. The quantitative estimate of drug-likeness (QED) is 0.613. The molecule has 0 aromatic carbocycles. The van der Waals surface area contributed by atoms with Crippen LogP contribution in [0.25, 0.3) is 0 Å². The van der Waals surface area contributed by atoms with E-state index in [2.05, 4.69) is 45.7 Å². The van der Waals surface area contributed by atoms with Gasteiger partial charge in [0.25, 0.3) is 0 Å². The van der Waals surface area contributed by atoms with E-state index in [0.717, 1.165) is 6.61 Å². The largest absolute Gasteiger partial charge is 0.359 e. The molecule has 6 heteroatoms. The summed E-state index contributed by atoms with van der Waals surface area (Å²) in [6, 6.07) is 1.18. The molecule has 0 saturated carbocycles. The van der Waals surface area contributed by atoms with Crippen molar-refractivity contribution in [3.63, 3.8) is 0 Å². The Kier molecular flexibility index (Phi) is 4.27. The third-order valence-corrected chi connectivity index (χ3v) is 4.10. The molecule has 1 heterocycles. The second kappa shape index (κ2) is 5.04. The molecule has 0 radical (unpaired) electrons. The summed E-state index contributed by atoms with van der Waals surface area (Å²) in [4.78, 5) is 3.94. The zero-order chi connectivity index (χ0) is 10.6. The van der Waals surface area contributed by atoms with Crippen LogP contribution in [-0.2, 0) is 11.5 Å². The Hall–Kier alpha value is -0.203. The molecule has 14 heavy (non-hydrogen) atoms. The summed E-state index contributed by atoms with van der Waals surface area (Å²) in [7, 11) is -0.975. The highest BCUT2D eigenvalue weighted by Gasteiger charge is 2.12. The normalized spacial score (nSPS) is 12.0. The van der Waals surface area contributed by atoms with Crippen LogP contribution in [0.1, 0.15) is 0 Å². The minimum absolute atomic E-state index is 0.477. The Morgan fingerprint density at radius 1 is 1.50 bits per heavy atom. The summed E-state index contributed by atoms with van der Waals surface area (Å²) in [5.74, 6) is 0. The van der Waals surface area contributed by atoms with Crippen LogP contribution in [0.5, 0.6) is 0 Å². The minimum atomic E-state index is -0.975. The molecule has 1 aromatic heterocycles. The van der Waals surface area contributed by atoms with Crippen molar-refractivity contribution in [1.82, 2.24) is 14.8 Å². The summed E-state index contributed by atoms with van der Waals surface area (Å²) in [6.45, 7) is 8.29. The lowest BCUT2D eigenvalue weighted by Gasteiger charge is -2.15. The Morgan fingerprint density at radius 3 is 2.71 bits per heavy atom. The molecule has 0 unspecified atom stereocenters. The predicted molar refractivity (Wildman–Crippen MR) is 61.8 cm³/mol. The van der Waals surface area contributed by atoms with E-state index in [1.807, 2.05) is 0 Å². The first-order chi connectivity index (χ1) is 6.49. The molecule has 0 spiro atoms. The number of ether oxygens (including phenoxy) is 1. The van der Waals surface area contributed by atoms with Gasteiger partial charge >= 0.3 is 0 Å². The van der Waals surface area contributed by atoms with E-state index in [1.54, 1.807) is 4.68 Å². The fourth-order valence-electron chi connectivity index (χ4n) is 0.866. The minimum Gasteiger partial charge on any atom is -0.359 e. The number of hydrogen-bond donors (Lipinski definition) is 0. The standard InChI is InChI=1S/C8H16BrN3OSi/c1-14(2,3)5-4-13-7-12-8(9)10-6-11-12/h6H,4-5,7H2,1-3H3. The van der Waals surface area contributed by atoms with Crippen molar-refractivity contribution in [1.29, 1.82) is 0 Å². The fourth-order valence-corrected chi connectivity index (χ4v) is 1.91. The topological polar surface area (TPSA) is 39.9 Å². The van der Waals surface area contributed by atoms with Crippen molar-refractivity contribution < 1.29 is 4.74 Å². The summed E-state index contributed by atoms with van der Waals surface area (Å²) in [5.41, 5.74) is 0. The zero-order valence-electron chi connectivity index (χ0n) is 8.83. The van der Waals surface area contributed by atoms with E-state index in [4.69, 9.17) is 4.74 Å². The number of aromatic nitrogens is 3. The van der Waals surface area contributed by atoms with Gasteiger partial charge in [0.1, 0.15) is 13.1 Å². The van der Waals surface area contributed by atoms with Gasteiger partial charge in [0.05, 0.1) is 0 Å². The highest BCUT2D eigenvalue weighted by atomic mass is 79.9. The molecule has 0 bridgehead atoms. The van der Waals surface area contributed by atoms with Crippen molar-refractivity contribution in [3.8, 4) is 0 Å². The predicted octanol–water partition coefficient (Wildman–Crippen LogP) is 2.35. The maximum Gasteiger partial charge on any atom is 0.197 e. The number of halogens is 1. The van der Waals surface area contributed by atoms with Gasteiger partial charge < -0.3 is 4.74 Å². The Bertz CT molecular complexity index is 284. The van der Waals surface area contributed by atoms with E-state index in [9.17, 15) is 0 Å². The van der Waals surface area contributed by atoms with Crippen molar-refractivity contribution in [3.05, 3.63) is 11.1 Å². The van der Waals surface area contributed by atoms with Gasteiger partial charge in [-0.15, -0.1) is 0 Å². The van der Waals surface area contributed by atoms with Gasteiger partial charge in [0, 0.05) is 14.7 Å². The number of hydrogen-bond acceptors (Lipinski definition) is 3. The molecular weight excluding hydrogens is 262 g/mol. The van der Waals surface area contributed by atoms with Gasteiger partial charge in [-0.05, 0) is 22.0 Å². The SMILES string of the molecule is C[Si](C)(C)CCOCn1ncnc1Br. The molecular formula is C8H16BrN3OSi. The lowest BCUT2D eigenvalue weighted by atomic mass is 10.8. The first kappa shape index (κ1) is 11.9. The zero-order valence-corrected chi connectivity index (χ0v) is 11.4. The highest BCUT2D eigenvalue weighted by molar-refractivity contribution is 9.10. The lowest BCUT2D eigenvalue weighted by molar-refractivity contribution is 0.0766. The van der Waals surface area contributed by atoms with E-state index in [-0.39, 0.29) is 0 Å². The van der Waals surface area contributed by atoms with Crippen LogP contribution in [0.2, 0.25) is 25.7 Å². The Labute approximate surface area is 93.8 Å². The van der Waals surface area contributed by atoms with E-state index >= 15 is 0 Å². The second-order valence-corrected chi connectivity index (χ2v) is 10.7. The van der Waals surface area contributed by atoms with E-state index < -0.39 is 8.07 Å². The van der Waals surface area contributed by atoms with E-state index in [0.29, 0.717) is 11.5 Å². The van der Waals surface area contributed by atoms with Gasteiger partial charge in [-0.3, -0.25) is 0 Å². The monoisotopic (exact) mass is 277 g/mol. The number of nitrogens with zero attached hydrogens (tertiary/aromatic N) is 3. The van der Waals surface area contributed by atoms with Crippen LogP contribution >= 0.6 is 15.9 Å². The maximum atomic E-state index is 5.50. The smallest absolute Gasteiger partial charge is 0.197 e. The van der Waals surface area contributed by atoms with E-state index in [1.165, 1.54) is 12.4 Å². The van der Waals surface area contributed by atoms with Crippen LogP contribution in [0.15, 0.2) is 11.1 Å². The summed E-state index contributed by atoms with van der Waals surface area (Å²) in [5, 5.41) is 3.99. The molecule has 0 aliphatic carbocycles. The molecule has 0 fully saturated rings. The Balaban J connectivity index is 2.20. The van der Waals surface area contributed by atoms with Crippen molar-refractivity contribution in [2.75, 3.05) is 6.61 Å². The van der Waals surface area contributed by atoms with Crippen molar-refractivity contribution in [2.24, 2.45) is 0 Å². The molecule has 1 aromatic rings. The van der Waals surface area contributed by atoms with Gasteiger partial charge in [-0.2, -0.15) is 5.10 Å². The summed E-state index contributed by atoms with van der Waals surface area (Å²) >= 11 is 3.28. The fraction of sp³-hybridized carbons (Fsp3) is 0.750. The van der Waals surface area contributed by atoms with Crippen LogP contribution in [0, 0.1) is 0 Å². The first-order valence-electron chi connectivity index (χ1n) is 4.60. The van der Waals surface area contributed by atoms with Gasteiger partial charge in [-0.25, -0.2) is 9.67 Å². The molecule has 4 nitrogen and oxygen atoms in total. The highest BCUT2D eigenvalue weighted by Crippen LogP contribution is 2.08. The second-order valence-electron chi connectivity index (χ2n) is 4.38. The van der Waals surface area contributed by atoms with Gasteiger partial charge in [0.15, 0.2) is 4.73 Å². The molecule has 0 saturated heterocycles. The molecule has 0 amide bonds. The van der Waals surface area contributed by atoms with Gasteiger partial charge in [0.2, 0.25) is 0 Å². The lowest BCUT2D eigenvalue weighted by Crippen LogP contribution is -2.22. The summed E-state index contributed by atoms with van der Waals surface area (Å²) in [6.07, 6.45) is 1.51. The third kappa shape index (κ3) is 4.34.